The maximum atomic E-state index is 4.28. The van der Waals surface area contributed by atoms with Crippen molar-refractivity contribution in [3.63, 3.8) is 0 Å². The third-order valence-electron chi connectivity index (χ3n) is 5.35. The fourth-order valence-corrected chi connectivity index (χ4v) is 4.25. The Morgan fingerprint density at radius 2 is 1.76 bits per heavy atom. The van der Waals surface area contributed by atoms with Crippen molar-refractivity contribution in [3.8, 4) is 0 Å². The monoisotopic (exact) mass is 331 g/mol. The van der Waals surface area contributed by atoms with Crippen LogP contribution in [0.5, 0.6) is 0 Å². The van der Waals surface area contributed by atoms with E-state index in [-0.39, 0.29) is 5.41 Å². The summed E-state index contributed by atoms with van der Waals surface area (Å²) in [5.41, 5.74) is 4.29. The first-order valence-corrected chi connectivity index (χ1v) is 8.99. The van der Waals surface area contributed by atoms with Gasteiger partial charge < -0.3 is 9.88 Å². The van der Waals surface area contributed by atoms with E-state index < -0.39 is 0 Å². The molecule has 2 atom stereocenters. The molecule has 0 radical (unpaired) electrons. The van der Waals surface area contributed by atoms with Gasteiger partial charge in [0.25, 0.3) is 0 Å². The van der Waals surface area contributed by atoms with Crippen LogP contribution in [0, 0.1) is 5.41 Å². The van der Waals surface area contributed by atoms with Crippen LogP contribution in [0.3, 0.4) is 0 Å². The highest BCUT2D eigenvalue weighted by atomic mass is 15.1. The van der Waals surface area contributed by atoms with Crippen molar-refractivity contribution >= 4 is 0 Å². The number of aromatic nitrogens is 2. The number of nitrogens with one attached hydrogen (secondary N) is 1. The predicted octanol–water partition coefficient (Wildman–Crippen LogP) is 4.73. The van der Waals surface area contributed by atoms with E-state index in [2.05, 4.69) is 89.5 Å². The Bertz CT molecular complexity index is 821. The summed E-state index contributed by atoms with van der Waals surface area (Å²) in [5, 5.41) is 3.79. The lowest BCUT2D eigenvalue weighted by molar-refractivity contribution is 0.181. The van der Waals surface area contributed by atoms with Gasteiger partial charge in [0, 0.05) is 25.0 Å². The van der Waals surface area contributed by atoms with Gasteiger partial charge in [-0.15, -0.1) is 0 Å². The summed E-state index contributed by atoms with van der Waals surface area (Å²) in [6.07, 6.45) is 7.00. The van der Waals surface area contributed by atoms with Crippen molar-refractivity contribution in [2.75, 3.05) is 0 Å². The lowest BCUT2D eigenvalue weighted by atomic mass is 9.68. The summed E-state index contributed by atoms with van der Waals surface area (Å²) in [6.45, 7) is 5.63. The van der Waals surface area contributed by atoms with Gasteiger partial charge in [-0.3, -0.25) is 0 Å². The molecule has 0 spiro atoms. The lowest BCUT2D eigenvalue weighted by Gasteiger charge is -2.44. The molecule has 2 aromatic carbocycles. The zero-order valence-electron chi connectivity index (χ0n) is 14.9. The van der Waals surface area contributed by atoms with Crippen molar-refractivity contribution in [3.05, 3.63) is 90.0 Å². The van der Waals surface area contributed by atoms with E-state index in [4.69, 9.17) is 0 Å². The molecule has 0 unspecified atom stereocenters. The molecule has 128 valence electrons. The number of hydrogen-bond acceptors (Lipinski definition) is 2. The van der Waals surface area contributed by atoms with Crippen LogP contribution in [-0.2, 0) is 6.54 Å². The van der Waals surface area contributed by atoms with Crippen molar-refractivity contribution in [2.24, 2.45) is 5.41 Å². The minimum Gasteiger partial charge on any atom is -0.329 e. The fourth-order valence-electron chi connectivity index (χ4n) is 4.25. The first kappa shape index (κ1) is 16.1. The largest absolute Gasteiger partial charge is 0.329 e. The lowest BCUT2D eigenvalue weighted by Crippen LogP contribution is -2.38. The van der Waals surface area contributed by atoms with Gasteiger partial charge in [0.15, 0.2) is 0 Å². The van der Waals surface area contributed by atoms with Crippen LogP contribution in [0.1, 0.15) is 49.0 Å². The highest BCUT2D eigenvalue weighted by Gasteiger charge is 2.40. The summed E-state index contributed by atoms with van der Waals surface area (Å²) in [4.78, 5) is 4.28. The first-order valence-electron chi connectivity index (χ1n) is 8.99. The summed E-state index contributed by atoms with van der Waals surface area (Å²) in [7, 11) is 0. The minimum atomic E-state index is 0.142. The third-order valence-corrected chi connectivity index (χ3v) is 5.35. The average molecular weight is 331 g/mol. The van der Waals surface area contributed by atoms with E-state index in [0.717, 1.165) is 13.0 Å². The molecule has 0 saturated heterocycles. The van der Waals surface area contributed by atoms with Gasteiger partial charge >= 0.3 is 0 Å². The molecular weight excluding hydrogens is 306 g/mol. The molecule has 3 aromatic rings. The molecule has 0 saturated carbocycles. The smallest absolute Gasteiger partial charge is 0.0951 e. The van der Waals surface area contributed by atoms with E-state index in [1.807, 2.05) is 12.5 Å². The quantitative estimate of drug-likeness (QED) is 0.749. The maximum absolute atomic E-state index is 4.28. The Morgan fingerprint density at radius 1 is 1.04 bits per heavy atom. The zero-order valence-corrected chi connectivity index (χ0v) is 14.9. The Labute approximate surface area is 149 Å². The number of imidazole rings is 1. The topological polar surface area (TPSA) is 29.9 Å². The van der Waals surface area contributed by atoms with Gasteiger partial charge in [0.05, 0.1) is 12.4 Å². The maximum Gasteiger partial charge on any atom is 0.0951 e. The summed E-state index contributed by atoms with van der Waals surface area (Å²) >= 11 is 0. The zero-order chi connectivity index (χ0) is 17.3. The van der Waals surface area contributed by atoms with Crippen LogP contribution in [0.4, 0.5) is 0 Å². The van der Waals surface area contributed by atoms with Gasteiger partial charge in [-0.2, -0.15) is 0 Å². The number of nitrogens with zero attached hydrogens (tertiary/aromatic N) is 2. The Kier molecular flexibility index (Phi) is 4.18. The molecule has 0 aliphatic heterocycles. The van der Waals surface area contributed by atoms with Crippen LogP contribution < -0.4 is 5.32 Å². The van der Waals surface area contributed by atoms with Gasteiger partial charge in [0.1, 0.15) is 0 Å². The van der Waals surface area contributed by atoms with E-state index >= 15 is 0 Å². The standard InChI is InChI=1S/C22H25N3/c1-22(2)14-20(24-15-17-8-4-3-5-9-17)18-10-6-7-11-19(18)21(22)25-13-12-23-16-25/h3-13,16,20-21,24H,14-15H2,1-2H3/t20-,21+/m1/s1. The van der Waals surface area contributed by atoms with Gasteiger partial charge in [0.2, 0.25) is 0 Å². The third kappa shape index (κ3) is 3.12. The van der Waals surface area contributed by atoms with Crippen LogP contribution in [0.2, 0.25) is 0 Å². The molecule has 1 N–H and O–H groups in total. The Balaban J connectivity index is 1.67. The highest BCUT2D eigenvalue weighted by Crippen LogP contribution is 2.49. The molecule has 3 nitrogen and oxygen atoms in total. The van der Waals surface area contributed by atoms with Crippen molar-refractivity contribution in [2.45, 2.75) is 38.9 Å². The average Bonchev–Trinajstić information content (AvgIpc) is 3.14. The highest BCUT2D eigenvalue weighted by molar-refractivity contribution is 5.38. The van der Waals surface area contributed by atoms with Crippen molar-refractivity contribution in [1.29, 1.82) is 0 Å². The first-order chi connectivity index (χ1) is 12.1. The molecule has 0 amide bonds. The number of fused-ring (bicyclic) bond motifs is 1. The minimum absolute atomic E-state index is 0.142. The Hall–Kier alpha value is -2.39. The van der Waals surface area contributed by atoms with Crippen molar-refractivity contribution < 1.29 is 0 Å². The fraction of sp³-hybridized carbons (Fsp3) is 0.318. The number of hydrogen-bond donors (Lipinski definition) is 1. The van der Waals surface area contributed by atoms with Crippen LogP contribution in [0.25, 0.3) is 0 Å². The van der Waals surface area contributed by atoms with Gasteiger partial charge in [-0.05, 0) is 28.5 Å². The number of rotatable bonds is 4. The molecule has 3 heteroatoms. The molecular formula is C22H25N3. The second-order valence-corrected chi connectivity index (χ2v) is 7.65. The molecule has 4 rings (SSSR count). The molecule has 1 aliphatic rings. The summed E-state index contributed by atoms with van der Waals surface area (Å²) in [6, 6.07) is 20.2. The van der Waals surface area contributed by atoms with Crippen molar-refractivity contribution in [1.82, 2.24) is 14.9 Å². The van der Waals surface area contributed by atoms with Gasteiger partial charge in [-0.1, -0.05) is 68.4 Å². The van der Waals surface area contributed by atoms with E-state index in [1.54, 1.807) is 0 Å². The Morgan fingerprint density at radius 3 is 2.48 bits per heavy atom. The molecule has 0 bridgehead atoms. The second kappa shape index (κ2) is 6.49. The van der Waals surface area contributed by atoms with Crippen LogP contribution >= 0.6 is 0 Å². The molecule has 25 heavy (non-hydrogen) atoms. The van der Waals surface area contributed by atoms with E-state index in [0.29, 0.717) is 12.1 Å². The van der Waals surface area contributed by atoms with E-state index in [9.17, 15) is 0 Å². The van der Waals surface area contributed by atoms with Crippen LogP contribution in [-0.4, -0.2) is 9.55 Å². The van der Waals surface area contributed by atoms with Crippen LogP contribution in [0.15, 0.2) is 73.3 Å². The summed E-state index contributed by atoms with van der Waals surface area (Å²) in [5.74, 6) is 0. The predicted molar refractivity (Wildman–Crippen MR) is 101 cm³/mol. The molecule has 1 aliphatic carbocycles. The molecule has 0 fully saturated rings. The number of benzene rings is 2. The SMILES string of the molecule is CC1(C)C[C@@H](NCc2ccccc2)c2ccccc2[C@@H]1n1ccnc1. The van der Waals surface area contributed by atoms with Gasteiger partial charge in [-0.25, -0.2) is 4.98 Å². The summed E-state index contributed by atoms with van der Waals surface area (Å²) < 4.78 is 2.26. The molecule has 1 aromatic heterocycles. The normalized spacial score (nSPS) is 21.7. The second-order valence-electron chi connectivity index (χ2n) is 7.65. The molecule has 1 heterocycles. The van der Waals surface area contributed by atoms with E-state index in [1.165, 1.54) is 16.7 Å².